The number of nitrogens with zero attached hydrogens (tertiary/aromatic N) is 2. The van der Waals surface area contributed by atoms with Crippen LogP contribution in [0.25, 0.3) is 11.4 Å². The zero-order chi connectivity index (χ0) is 21.6. The van der Waals surface area contributed by atoms with Crippen molar-refractivity contribution in [3.63, 3.8) is 0 Å². The van der Waals surface area contributed by atoms with Crippen molar-refractivity contribution in [2.75, 3.05) is 0 Å². The first kappa shape index (κ1) is 20.3. The van der Waals surface area contributed by atoms with Gasteiger partial charge in [-0.15, -0.1) is 0 Å². The van der Waals surface area contributed by atoms with Gasteiger partial charge in [0.1, 0.15) is 5.75 Å². The number of rotatable bonds is 6. The molecule has 0 aliphatic rings. The lowest BCUT2D eigenvalue weighted by molar-refractivity contribution is 0.0950. The summed E-state index contributed by atoms with van der Waals surface area (Å²) in [4.78, 5) is 21.4. The number of nitrogens with one attached hydrogen (secondary N) is 1. The second-order valence-electron chi connectivity index (χ2n) is 7.38. The third kappa shape index (κ3) is 5.34. The molecule has 0 saturated heterocycles. The number of carbonyl (C=O) groups is 1. The second kappa shape index (κ2) is 9.22. The van der Waals surface area contributed by atoms with Gasteiger partial charge in [-0.25, -0.2) is 4.98 Å². The van der Waals surface area contributed by atoms with E-state index in [1.54, 1.807) is 36.5 Å². The Morgan fingerprint density at radius 3 is 2.35 bits per heavy atom. The highest BCUT2D eigenvalue weighted by Crippen LogP contribution is 2.23. The van der Waals surface area contributed by atoms with Crippen LogP contribution in [0.3, 0.4) is 0 Å². The van der Waals surface area contributed by atoms with Gasteiger partial charge in [-0.3, -0.25) is 4.79 Å². The molecule has 0 bridgehead atoms. The maximum Gasteiger partial charge on any atom is 0.251 e. The molecular formula is C26H23N3O2. The fraction of sp³-hybridized carbons (Fsp3) is 0.115. The quantitative estimate of drug-likeness (QED) is 0.458. The molecule has 0 atom stereocenters. The van der Waals surface area contributed by atoms with E-state index in [1.807, 2.05) is 62.4 Å². The van der Waals surface area contributed by atoms with E-state index in [0.717, 1.165) is 11.1 Å². The summed E-state index contributed by atoms with van der Waals surface area (Å²) in [6.45, 7) is 4.54. The summed E-state index contributed by atoms with van der Waals surface area (Å²) in [5, 5.41) is 2.94. The Kier molecular flexibility index (Phi) is 6.03. The number of aromatic nitrogens is 2. The molecule has 1 amide bonds. The largest absolute Gasteiger partial charge is 0.439 e. The van der Waals surface area contributed by atoms with Crippen LogP contribution in [0.5, 0.6) is 11.6 Å². The van der Waals surface area contributed by atoms with Gasteiger partial charge in [0.15, 0.2) is 5.82 Å². The predicted octanol–water partition coefficient (Wildman–Crippen LogP) is 5.48. The number of carbonyl (C=O) groups excluding carboxylic acids is 1. The van der Waals surface area contributed by atoms with Crippen LogP contribution in [-0.2, 0) is 6.54 Å². The zero-order valence-corrected chi connectivity index (χ0v) is 17.5. The van der Waals surface area contributed by atoms with Crippen molar-refractivity contribution < 1.29 is 9.53 Å². The molecule has 3 aromatic carbocycles. The summed E-state index contributed by atoms with van der Waals surface area (Å²) in [6, 6.07) is 24.8. The summed E-state index contributed by atoms with van der Waals surface area (Å²) < 4.78 is 5.90. The number of aryl methyl sites for hydroxylation is 2. The lowest BCUT2D eigenvalue weighted by Gasteiger charge is -2.09. The number of hydrogen-bond donors (Lipinski definition) is 1. The molecule has 0 fully saturated rings. The van der Waals surface area contributed by atoms with Crippen LogP contribution < -0.4 is 10.1 Å². The van der Waals surface area contributed by atoms with E-state index in [4.69, 9.17) is 4.74 Å². The molecule has 4 rings (SSSR count). The summed E-state index contributed by atoms with van der Waals surface area (Å²) in [5.41, 5.74) is 4.86. The first-order valence-electron chi connectivity index (χ1n) is 10.1. The van der Waals surface area contributed by atoms with Crippen LogP contribution in [0, 0.1) is 13.8 Å². The normalized spacial score (nSPS) is 10.5. The highest BCUT2D eigenvalue weighted by Gasteiger charge is 2.09. The molecule has 0 aliphatic carbocycles. The third-order valence-corrected chi connectivity index (χ3v) is 4.83. The van der Waals surface area contributed by atoms with Crippen LogP contribution in [0.15, 0.2) is 85.1 Å². The number of amides is 1. The highest BCUT2D eigenvalue weighted by atomic mass is 16.5. The molecule has 1 aromatic heterocycles. The summed E-state index contributed by atoms with van der Waals surface area (Å²) in [7, 11) is 0. The van der Waals surface area contributed by atoms with Crippen LogP contribution >= 0.6 is 0 Å². The average Bonchev–Trinajstić information content (AvgIpc) is 2.79. The Morgan fingerprint density at radius 2 is 1.61 bits per heavy atom. The molecular weight excluding hydrogens is 386 g/mol. The smallest absolute Gasteiger partial charge is 0.251 e. The van der Waals surface area contributed by atoms with E-state index in [9.17, 15) is 4.79 Å². The van der Waals surface area contributed by atoms with Crippen molar-refractivity contribution in [3.8, 4) is 23.0 Å². The molecule has 5 heteroatoms. The van der Waals surface area contributed by atoms with Crippen molar-refractivity contribution in [1.82, 2.24) is 15.3 Å². The average molecular weight is 409 g/mol. The topological polar surface area (TPSA) is 64.1 Å². The maximum atomic E-state index is 12.6. The van der Waals surface area contributed by atoms with E-state index in [1.165, 1.54) is 11.1 Å². The van der Waals surface area contributed by atoms with Gasteiger partial charge < -0.3 is 10.1 Å². The molecule has 0 unspecified atom stereocenters. The second-order valence-corrected chi connectivity index (χ2v) is 7.38. The molecule has 0 saturated carbocycles. The van der Waals surface area contributed by atoms with Crippen molar-refractivity contribution in [2.45, 2.75) is 20.4 Å². The van der Waals surface area contributed by atoms with Crippen LogP contribution in [0.2, 0.25) is 0 Å². The Labute approximate surface area is 181 Å². The Morgan fingerprint density at radius 1 is 0.903 bits per heavy atom. The van der Waals surface area contributed by atoms with Gasteiger partial charge in [0, 0.05) is 29.9 Å². The monoisotopic (exact) mass is 409 g/mol. The van der Waals surface area contributed by atoms with Gasteiger partial charge in [0.2, 0.25) is 5.88 Å². The fourth-order valence-corrected chi connectivity index (χ4v) is 3.05. The van der Waals surface area contributed by atoms with Crippen LogP contribution in [0.1, 0.15) is 27.0 Å². The van der Waals surface area contributed by atoms with Gasteiger partial charge in [0.05, 0.1) is 0 Å². The first-order chi connectivity index (χ1) is 15.1. The fourth-order valence-electron chi connectivity index (χ4n) is 3.05. The summed E-state index contributed by atoms with van der Waals surface area (Å²) in [6.07, 6.45) is 1.66. The van der Waals surface area contributed by atoms with E-state index >= 15 is 0 Å². The third-order valence-electron chi connectivity index (χ3n) is 4.83. The Balaban J connectivity index is 1.44. The van der Waals surface area contributed by atoms with Gasteiger partial charge in [-0.05, 0) is 37.6 Å². The van der Waals surface area contributed by atoms with Gasteiger partial charge >= 0.3 is 0 Å². The molecule has 1 N–H and O–H groups in total. The number of benzene rings is 3. The van der Waals surface area contributed by atoms with Crippen LogP contribution in [0.4, 0.5) is 0 Å². The molecule has 1 heterocycles. The standard InChI is InChI=1S/C26H23N3O2/c1-18-6-10-20(11-7-18)17-28-26(30)22-4-3-5-23(16-22)31-24-14-15-27-25(29-24)21-12-8-19(2)9-13-21/h3-16H,17H2,1-2H3,(H,28,30). The molecule has 0 aliphatic heterocycles. The zero-order valence-electron chi connectivity index (χ0n) is 17.5. The molecule has 0 spiro atoms. The molecule has 5 nitrogen and oxygen atoms in total. The summed E-state index contributed by atoms with van der Waals surface area (Å²) in [5.74, 6) is 1.39. The van der Waals surface area contributed by atoms with Gasteiger partial charge in [-0.1, -0.05) is 65.7 Å². The lowest BCUT2D eigenvalue weighted by Crippen LogP contribution is -2.22. The van der Waals surface area contributed by atoms with Crippen molar-refractivity contribution >= 4 is 5.91 Å². The molecule has 4 aromatic rings. The van der Waals surface area contributed by atoms with Crippen molar-refractivity contribution in [1.29, 1.82) is 0 Å². The van der Waals surface area contributed by atoms with E-state index in [0.29, 0.717) is 29.6 Å². The molecule has 0 radical (unpaired) electrons. The Hall–Kier alpha value is -3.99. The van der Waals surface area contributed by atoms with E-state index < -0.39 is 0 Å². The Bertz CT molecular complexity index is 1190. The summed E-state index contributed by atoms with van der Waals surface area (Å²) >= 11 is 0. The first-order valence-corrected chi connectivity index (χ1v) is 10.1. The minimum absolute atomic E-state index is 0.158. The SMILES string of the molecule is Cc1ccc(CNC(=O)c2cccc(Oc3ccnc(-c4ccc(C)cc4)n3)c2)cc1. The van der Waals surface area contributed by atoms with Crippen LogP contribution in [-0.4, -0.2) is 15.9 Å². The highest BCUT2D eigenvalue weighted by molar-refractivity contribution is 5.94. The number of hydrogen-bond acceptors (Lipinski definition) is 4. The van der Waals surface area contributed by atoms with Crippen molar-refractivity contribution in [2.24, 2.45) is 0 Å². The van der Waals surface area contributed by atoms with E-state index in [-0.39, 0.29) is 5.91 Å². The van der Waals surface area contributed by atoms with Crippen molar-refractivity contribution in [3.05, 3.63) is 107 Å². The number of ether oxygens (including phenoxy) is 1. The molecule has 154 valence electrons. The maximum absolute atomic E-state index is 12.6. The lowest BCUT2D eigenvalue weighted by atomic mass is 10.1. The molecule has 31 heavy (non-hydrogen) atoms. The predicted molar refractivity (Wildman–Crippen MR) is 121 cm³/mol. The minimum atomic E-state index is -0.158. The minimum Gasteiger partial charge on any atom is -0.439 e. The van der Waals surface area contributed by atoms with E-state index in [2.05, 4.69) is 15.3 Å². The van der Waals surface area contributed by atoms with Gasteiger partial charge in [0.25, 0.3) is 5.91 Å². The van der Waals surface area contributed by atoms with Gasteiger partial charge in [-0.2, -0.15) is 4.98 Å².